The van der Waals surface area contributed by atoms with Gasteiger partial charge in [0.1, 0.15) is 0 Å². The van der Waals surface area contributed by atoms with Crippen LogP contribution >= 0.6 is 23.4 Å². The molecule has 2 N–H and O–H groups in total. The van der Waals surface area contributed by atoms with Crippen LogP contribution in [-0.4, -0.2) is 22.1 Å². The predicted octanol–water partition coefficient (Wildman–Crippen LogP) is 2.06. The molecule has 80 valence electrons. The third-order valence-corrected chi connectivity index (χ3v) is 3.45. The molecule has 0 saturated heterocycles. The lowest BCUT2D eigenvalue weighted by Gasteiger charge is -2.04. The van der Waals surface area contributed by atoms with Crippen LogP contribution in [0.4, 0.5) is 0 Å². The maximum Gasteiger partial charge on any atom is 0.0855 e. The third kappa shape index (κ3) is 2.65. The average molecular weight is 234 g/mol. The second-order valence-electron chi connectivity index (χ2n) is 3.00. The Morgan fingerprint density at radius 3 is 2.86 bits per heavy atom. The lowest BCUT2D eigenvalue weighted by Crippen LogP contribution is -2.04. The number of nitrogens with two attached hydrogens (primary N) is 1. The minimum Gasteiger partial charge on any atom is -0.330 e. The van der Waals surface area contributed by atoms with Crippen LogP contribution in [0.1, 0.15) is 18.3 Å². The smallest absolute Gasteiger partial charge is 0.0855 e. The van der Waals surface area contributed by atoms with Gasteiger partial charge in [-0.15, -0.1) is 0 Å². The van der Waals surface area contributed by atoms with Gasteiger partial charge < -0.3 is 5.73 Å². The Labute approximate surface area is 94.0 Å². The normalized spacial score (nSPS) is 10.9. The Kier molecular flexibility index (Phi) is 4.78. The second-order valence-corrected chi connectivity index (χ2v) is 4.49. The summed E-state index contributed by atoms with van der Waals surface area (Å²) < 4.78 is 1.96. The lowest BCUT2D eigenvalue weighted by atomic mass is 10.4. The molecule has 3 nitrogen and oxygen atoms in total. The van der Waals surface area contributed by atoms with E-state index in [-0.39, 0.29) is 0 Å². The first-order valence-corrected chi connectivity index (χ1v) is 6.23. The lowest BCUT2D eigenvalue weighted by molar-refractivity contribution is 0.632. The molecular weight excluding hydrogens is 218 g/mol. The number of halogens is 1. The topological polar surface area (TPSA) is 43.8 Å². The van der Waals surface area contributed by atoms with Crippen LogP contribution in [0.25, 0.3) is 0 Å². The van der Waals surface area contributed by atoms with Crippen LogP contribution in [0.3, 0.4) is 0 Å². The first-order valence-electron chi connectivity index (χ1n) is 4.70. The van der Waals surface area contributed by atoms with Crippen molar-refractivity contribution in [3.8, 4) is 0 Å². The van der Waals surface area contributed by atoms with E-state index in [1.165, 1.54) is 0 Å². The molecule has 0 atom stereocenters. The average Bonchev–Trinajstić information content (AvgIpc) is 2.45. The summed E-state index contributed by atoms with van der Waals surface area (Å²) in [6.45, 7) is 5.58. The summed E-state index contributed by atoms with van der Waals surface area (Å²) >= 11 is 7.94. The molecule has 0 aliphatic rings. The largest absolute Gasteiger partial charge is 0.330 e. The monoisotopic (exact) mass is 233 g/mol. The Balaban J connectivity index is 2.72. The fourth-order valence-corrected chi connectivity index (χ4v) is 2.34. The van der Waals surface area contributed by atoms with Crippen molar-refractivity contribution >= 4 is 23.4 Å². The van der Waals surface area contributed by atoms with Gasteiger partial charge in [0.2, 0.25) is 0 Å². The standard InChI is InChI=1S/C9H16ClN3S/c1-3-13-8(6-14-5-4-11)9(10)7(2)12-13/h3-6,11H2,1-2H3. The van der Waals surface area contributed by atoms with Gasteiger partial charge in [0.25, 0.3) is 0 Å². The molecule has 0 aliphatic heterocycles. The highest BCUT2D eigenvalue weighted by Crippen LogP contribution is 2.24. The zero-order valence-electron chi connectivity index (χ0n) is 8.59. The molecule has 0 amide bonds. The number of rotatable bonds is 5. The van der Waals surface area contributed by atoms with E-state index in [4.69, 9.17) is 17.3 Å². The molecule has 0 bridgehead atoms. The van der Waals surface area contributed by atoms with Crippen LogP contribution in [0.15, 0.2) is 0 Å². The van der Waals surface area contributed by atoms with Gasteiger partial charge in [-0.3, -0.25) is 4.68 Å². The summed E-state index contributed by atoms with van der Waals surface area (Å²) in [7, 11) is 0. The number of thioether (sulfide) groups is 1. The van der Waals surface area contributed by atoms with Gasteiger partial charge in [0, 0.05) is 24.6 Å². The summed E-state index contributed by atoms with van der Waals surface area (Å²) in [6.07, 6.45) is 0. The van der Waals surface area contributed by atoms with E-state index in [9.17, 15) is 0 Å². The minimum absolute atomic E-state index is 0.710. The van der Waals surface area contributed by atoms with Crippen molar-refractivity contribution in [3.63, 3.8) is 0 Å². The fraction of sp³-hybridized carbons (Fsp3) is 0.667. The maximum absolute atomic E-state index is 6.14. The van der Waals surface area contributed by atoms with Crippen LogP contribution in [0, 0.1) is 6.92 Å². The van der Waals surface area contributed by atoms with Gasteiger partial charge in [-0.25, -0.2) is 0 Å². The molecule has 14 heavy (non-hydrogen) atoms. The highest BCUT2D eigenvalue weighted by molar-refractivity contribution is 7.98. The SMILES string of the molecule is CCn1nc(C)c(Cl)c1CSCCN. The Morgan fingerprint density at radius 2 is 2.29 bits per heavy atom. The molecule has 0 saturated carbocycles. The van der Waals surface area contributed by atoms with E-state index in [2.05, 4.69) is 12.0 Å². The zero-order chi connectivity index (χ0) is 10.6. The maximum atomic E-state index is 6.14. The number of hydrogen-bond acceptors (Lipinski definition) is 3. The van der Waals surface area contributed by atoms with Crippen molar-refractivity contribution in [2.45, 2.75) is 26.1 Å². The second kappa shape index (κ2) is 5.63. The number of aryl methyl sites for hydroxylation is 2. The molecular formula is C9H16ClN3S. The number of hydrogen-bond donors (Lipinski definition) is 1. The first-order chi connectivity index (χ1) is 6.70. The Hall–Kier alpha value is -0.190. The van der Waals surface area contributed by atoms with E-state index in [0.717, 1.165) is 34.5 Å². The molecule has 1 aromatic heterocycles. The Bertz CT molecular complexity index is 298. The molecule has 1 aromatic rings. The molecule has 0 aliphatic carbocycles. The number of aromatic nitrogens is 2. The van der Waals surface area contributed by atoms with Crippen LogP contribution < -0.4 is 5.73 Å². The quantitative estimate of drug-likeness (QED) is 0.792. The Morgan fingerprint density at radius 1 is 1.57 bits per heavy atom. The van der Waals surface area contributed by atoms with Crippen molar-refractivity contribution in [2.24, 2.45) is 5.73 Å². The fourth-order valence-electron chi connectivity index (χ4n) is 1.26. The van der Waals surface area contributed by atoms with Crippen molar-refractivity contribution < 1.29 is 0 Å². The molecule has 0 spiro atoms. The van der Waals surface area contributed by atoms with E-state index in [0.29, 0.717) is 6.54 Å². The zero-order valence-corrected chi connectivity index (χ0v) is 10.2. The van der Waals surface area contributed by atoms with E-state index in [1.54, 1.807) is 11.8 Å². The van der Waals surface area contributed by atoms with Gasteiger partial charge in [0.15, 0.2) is 0 Å². The third-order valence-electron chi connectivity index (χ3n) is 1.95. The summed E-state index contributed by atoms with van der Waals surface area (Å²) in [5.74, 6) is 1.86. The van der Waals surface area contributed by atoms with Gasteiger partial charge in [0.05, 0.1) is 16.4 Å². The van der Waals surface area contributed by atoms with Gasteiger partial charge in [-0.2, -0.15) is 16.9 Å². The summed E-state index contributed by atoms with van der Waals surface area (Å²) in [4.78, 5) is 0. The molecule has 0 fully saturated rings. The minimum atomic E-state index is 0.710. The summed E-state index contributed by atoms with van der Waals surface area (Å²) in [6, 6.07) is 0. The van der Waals surface area contributed by atoms with Crippen LogP contribution in [-0.2, 0) is 12.3 Å². The van der Waals surface area contributed by atoms with Crippen LogP contribution in [0.5, 0.6) is 0 Å². The molecule has 0 unspecified atom stereocenters. The molecule has 1 heterocycles. The van der Waals surface area contributed by atoms with E-state index in [1.807, 2.05) is 11.6 Å². The van der Waals surface area contributed by atoms with Crippen molar-refractivity contribution in [3.05, 3.63) is 16.4 Å². The highest BCUT2D eigenvalue weighted by atomic mass is 35.5. The summed E-state index contributed by atoms with van der Waals surface area (Å²) in [5, 5.41) is 5.15. The highest BCUT2D eigenvalue weighted by Gasteiger charge is 2.11. The molecule has 0 aromatic carbocycles. The van der Waals surface area contributed by atoms with Gasteiger partial charge in [-0.05, 0) is 13.8 Å². The summed E-state index contributed by atoms with van der Waals surface area (Å²) in [5.41, 5.74) is 7.46. The van der Waals surface area contributed by atoms with Crippen molar-refractivity contribution in [2.75, 3.05) is 12.3 Å². The predicted molar refractivity (Wildman–Crippen MR) is 62.9 cm³/mol. The van der Waals surface area contributed by atoms with Gasteiger partial charge in [-0.1, -0.05) is 11.6 Å². The first kappa shape index (κ1) is 11.9. The molecule has 5 heteroatoms. The van der Waals surface area contributed by atoms with Crippen molar-refractivity contribution in [1.29, 1.82) is 0 Å². The molecule has 0 radical (unpaired) electrons. The van der Waals surface area contributed by atoms with E-state index < -0.39 is 0 Å². The van der Waals surface area contributed by atoms with Crippen molar-refractivity contribution in [1.82, 2.24) is 9.78 Å². The van der Waals surface area contributed by atoms with Crippen LogP contribution in [0.2, 0.25) is 5.02 Å². The number of nitrogens with zero attached hydrogens (tertiary/aromatic N) is 2. The molecule has 1 rings (SSSR count). The van der Waals surface area contributed by atoms with E-state index >= 15 is 0 Å². The van der Waals surface area contributed by atoms with Gasteiger partial charge >= 0.3 is 0 Å².